The number of amides is 1. The van der Waals surface area contributed by atoms with Crippen LogP contribution < -0.4 is 0 Å². The molecule has 0 bridgehead atoms. The minimum Gasteiger partial charge on any atom is -0.444 e. The van der Waals surface area contributed by atoms with Crippen LogP contribution in [0.3, 0.4) is 0 Å². The first-order valence-electron chi connectivity index (χ1n) is 7.94. The Morgan fingerprint density at radius 1 is 1.10 bits per heavy atom. The topological polar surface area (TPSA) is 49.9 Å². The summed E-state index contributed by atoms with van der Waals surface area (Å²) in [5.41, 5.74) is -0.329. The molecule has 0 saturated carbocycles. The first kappa shape index (κ1) is 16.3. The molecule has 2 aliphatic rings. The average Bonchev–Trinajstić information content (AvgIpc) is 2.38. The number of likely N-dealkylation sites (tertiary alicyclic amines) is 2. The van der Waals surface area contributed by atoms with Crippen LogP contribution in [0.2, 0.25) is 0 Å². The number of ether oxygens (including phenoxy) is 1. The fourth-order valence-electron chi connectivity index (χ4n) is 3.11. The molecule has 1 amide bonds. The molecule has 2 heterocycles. The van der Waals surface area contributed by atoms with Crippen LogP contribution in [0.25, 0.3) is 0 Å². The molecule has 120 valence electrons. The largest absolute Gasteiger partial charge is 0.444 e. The van der Waals surface area contributed by atoms with Gasteiger partial charge in [0, 0.05) is 44.6 Å². The molecular formula is C16H28N2O3. The van der Waals surface area contributed by atoms with Gasteiger partial charge in [0.15, 0.2) is 0 Å². The van der Waals surface area contributed by atoms with Crippen molar-refractivity contribution in [1.29, 1.82) is 0 Å². The normalized spacial score (nSPS) is 24.0. The Labute approximate surface area is 127 Å². The van der Waals surface area contributed by atoms with Crippen molar-refractivity contribution < 1.29 is 14.3 Å². The highest BCUT2D eigenvalue weighted by atomic mass is 16.6. The highest BCUT2D eigenvalue weighted by Gasteiger charge is 2.38. The van der Waals surface area contributed by atoms with E-state index in [1.54, 1.807) is 0 Å². The van der Waals surface area contributed by atoms with Crippen molar-refractivity contribution in [2.24, 2.45) is 0 Å². The summed E-state index contributed by atoms with van der Waals surface area (Å²) in [6, 6.07) is 0. The predicted octanol–water partition coefficient (Wildman–Crippen LogP) is 2.44. The summed E-state index contributed by atoms with van der Waals surface area (Å²) in [5.74, 6) is 0.376. The van der Waals surface area contributed by atoms with Gasteiger partial charge < -0.3 is 9.64 Å². The van der Waals surface area contributed by atoms with E-state index in [-0.39, 0.29) is 11.6 Å². The van der Waals surface area contributed by atoms with Crippen molar-refractivity contribution >= 4 is 11.9 Å². The summed E-state index contributed by atoms with van der Waals surface area (Å²) in [4.78, 5) is 27.7. The molecule has 0 aliphatic carbocycles. The molecule has 0 spiro atoms. The van der Waals surface area contributed by atoms with Gasteiger partial charge in [0.25, 0.3) is 0 Å². The Kier molecular flexibility index (Phi) is 4.61. The smallest absolute Gasteiger partial charge is 0.410 e. The monoisotopic (exact) mass is 296 g/mol. The van der Waals surface area contributed by atoms with E-state index in [2.05, 4.69) is 11.8 Å². The molecule has 5 nitrogen and oxygen atoms in total. The second-order valence-electron chi connectivity index (χ2n) is 7.49. The molecule has 0 radical (unpaired) electrons. The van der Waals surface area contributed by atoms with Crippen molar-refractivity contribution in [3.8, 4) is 0 Å². The molecular weight excluding hydrogens is 268 g/mol. The minimum atomic E-state index is -0.439. The Morgan fingerprint density at radius 2 is 1.62 bits per heavy atom. The van der Waals surface area contributed by atoms with Gasteiger partial charge in [0.2, 0.25) is 0 Å². The third kappa shape index (κ3) is 4.19. The van der Waals surface area contributed by atoms with Crippen LogP contribution >= 0.6 is 0 Å². The maximum atomic E-state index is 12.1. The van der Waals surface area contributed by atoms with Gasteiger partial charge >= 0.3 is 6.09 Å². The number of Topliss-reactive ketones (excluding diaryl/α,β-unsaturated/α-hetero) is 1. The third-order valence-corrected chi connectivity index (χ3v) is 4.58. The summed E-state index contributed by atoms with van der Waals surface area (Å²) < 4.78 is 5.43. The van der Waals surface area contributed by atoms with Gasteiger partial charge in [-0.3, -0.25) is 9.69 Å². The zero-order valence-corrected chi connectivity index (χ0v) is 13.8. The van der Waals surface area contributed by atoms with E-state index in [1.165, 1.54) is 0 Å². The number of piperidine rings is 2. The quantitative estimate of drug-likeness (QED) is 0.746. The van der Waals surface area contributed by atoms with E-state index in [9.17, 15) is 9.59 Å². The maximum Gasteiger partial charge on any atom is 0.410 e. The highest BCUT2D eigenvalue weighted by molar-refractivity contribution is 5.79. The Morgan fingerprint density at radius 3 is 2.10 bits per heavy atom. The molecule has 0 unspecified atom stereocenters. The number of hydrogen-bond donors (Lipinski definition) is 0. The van der Waals surface area contributed by atoms with E-state index >= 15 is 0 Å². The predicted molar refractivity (Wildman–Crippen MR) is 81.3 cm³/mol. The van der Waals surface area contributed by atoms with Gasteiger partial charge in [-0.25, -0.2) is 4.79 Å². The van der Waals surface area contributed by atoms with Crippen LogP contribution in [-0.2, 0) is 9.53 Å². The van der Waals surface area contributed by atoms with Crippen molar-refractivity contribution in [3.05, 3.63) is 0 Å². The van der Waals surface area contributed by atoms with Crippen LogP contribution in [0, 0.1) is 0 Å². The molecule has 2 rings (SSSR count). The highest BCUT2D eigenvalue weighted by Crippen LogP contribution is 2.31. The van der Waals surface area contributed by atoms with Crippen molar-refractivity contribution in [3.63, 3.8) is 0 Å². The lowest BCUT2D eigenvalue weighted by Gasteiger charge is -2.48. The summed E-state index contributed by atoms with van der Waals surface area (Å²) in [5, 5.41) is 0. The van der Waals surface area contributed by atoms with E-state index < -0.39 is 5.60 Å². The van der Waals surface area contributed by atoms with Gasteiger partial charge in [-0.15, -0.1) is 0 Å². The van der Waals surface area contributed by atoms with Gasteiger partial charge in [-0.2, -0.15) is 0 Å². The van der Waals surface area contributed by atoms with Crippen LogP contribution in [-0.4, -0.2) is 59.0 Å². The standard InChI is InChI=1S/C16H28N2O3/c1-15(2,3)21-14(20)17-11-7-16(4,8-12-17)18-9-5-13(19)6-10-18/h5-12H2,1-4H3. The number of nitrogens with zero attached hydrogens (tertiary/aromatic N) is 2. The number of carbonyl (C=O) groups excluding carboxylic acids is 2. The maximum absolute atomic E-state index is 12.1. The molecule has 5 heteroatoms. The average molecular weight is 296 g/mol. The lowest BCUT2D eigenvalue weighted by molar-refractivity contribution is -0.123. The van der Waals surface area contributed by atoms with Crippen molar-refractivity contribution in [2.45, 2.75) is 64.5 Å². The summed E-state index contributed by atoms with van der Waals surface area (Å²) in [7, 11) is 0. The van der Waals surface area contributed by atoms with Gasteiger partial charge in [-0.05, 0) is 40.5 Å². The molecule has 21 heavy (non-hydrogen) atoms. The summed E-state index contributed by atoms with van der Waals surface area (Å²) in [6.45, 7) is 11.1. The van der Waals surface area contributed by atoms with Crippen LogP contribution in [0.1, 0.15) is 53.4 Å². The van der Waals surface area contributed by atoms with Gasteiger partial charge in [-0.1, -0.05) is 0 Å². The fourth-order valence-corrected chi connectivity index (χ4v) is 3.11. The van der Waals surface area contributed by atoms with Crippen LogP contribution in [0.15, 0.2) is 0 Å². The minimum absolute atomic E-state index is 0.110. The molecule has 0 aromatic rings. The number of rotatable bonds is 1. The lowest BCUT2D eigenvalue weighted by atomic mass is 9.86. The fraction of sp³-hybridized carbons (Fsp3) is 0.875. The molecule has 2 saturated heterocycles. The first-order valence-corrected chi connectivity index (χ1v) is 7.94. The second kappa shape index (κ2) is 5.95. The molecule has 2 aliphatic heterocycles. The zero-order chi connectivity index (χ0) is 15.7. The number of carbonyl (C=O) groups is 2. The SMILES string of the molecule is CC(C)(C)OC(=O)N1CCC(C)(N2CCC(=O)CC2)CC1. The van der Waals surface area contributed by atoms with Crippen molar-refractivity contribution in [1.82, 2.24) is 9.80 Å². The number of hydrogen-bond acceptors (Lipinski definition) is 4. The van der Waals surface area contributed by atoms with Crippen LogP contribution in [0.5, 0.6) is 0 Å². The van der Waals surface area contributed by atoms with Gasteiger partial charge in [0.1, 0.15) is 11.4 Å². The molecule has 0 aromatic heterocycles. The number of ketones is 1. The Balaban J connectivity index is 1.87. The third-order valence-electron chi connectivity index (χ3n) is 4.58. The van der Waals surface area contributed by atoms with Crippen molar-refractivity contribution in [2.75, 3.05) is 26.2 Å². The molecule has 0 aromatic carbocycles. The summed E-state index contributed by atoms with van der Waals surface area (Å²) in [6.07, 6.45) is 3.02. The first-order chi connectivity index (χ1) is 9.70. The molecule has 0 N–H and O–H groups in total. The Hall–Kier alpha value is -1.10. The lowest BCUT2D eigenvalue weighted by Crippen LogP contribution is -2.56. The van der Waals surface area contributed by atoms with Crippen LogP contribution in [0.4, 0.5) is 4.79 Å². The van der Waals surface area contributed by atoms with Gasteiger partial charge in [0.05, 0.1) is 0 Å². The van der Waals surface area contributed by atoms with E-state index in [4.69, 9.17) is 4.74 Å². The van der Waals surface area contributed by atoms with E-state index in [0.29, 0.717) is 18.6 Å². The molecule has 0 atom stereocenters. The van der Waals surface area contributed by atoms with E-state index in [1.807, 2.05) is 25.7 Å². The zero-order valence-electron chi connectivity index (χ0n) is 13.8. The summed E-state index contributed by atoms with van der Waals surface area (Å²) >= 11 is 0. The van der Waals surface area contributed by atoms with E-state index in [0.717, 1.165) is 39.0 Å². The molecule has 2 fully saturated rings. The second-order valence-corrected chi connectivity index (χ2v) is 7.49. The Bertz CT molecular complexity index is 396.